The van der Waals surface area contributed by atoms with E-state index >= 15 is 0 Å². The molecule has 0 bridgehead atoms. The monoisotopic (exact) mass is 398 g/mol. The Morgan fingerprint density at radius 1 is 0.900 bits per heavy atom. The van der Waals surface area contributed by atoms with Crippen molar-refractivity contribution in [3.63, 3.8) is 0 Å². The molecule has 30 heavy (non-hydrogen) atoms. The summed E-state index contributed by atoms with van der Waals surface area (Å²) in [7, 11) is 0. The average molecular weight is 399 g/mol. The Labute approximate surface area is 176 Å². The molecule has 5 nitrogen and oxygen atoms in total. The van der Waals surface area contributed by atoms with E-state index < -0.39 is 0 Å². The van der Waals surface area contributed by atoms with E-state index in [9.17, 15) is 4.79 Å². The molecule has 2 aromatic heterocycles. The van der Waals surface area contributed by atoms with Crippen molar-refractivity contribution in [3.8, 4) is 16.8 Å². The van der Waals surface area contributed by atoms with Crippen molar-refractivity contribution in [2.45, 2.75) is 26.3 Å². The third kappa shape index (κ3) is 3.68. The Bertz CT molecular complexity index is 1230. The SMILES string of the molecule is Cc1ccc(-c2ccn(-c3ccc4c(cnn4CCN4CCCC4)c3)c(=O)c2)cc1. The molecule has 1 fully saturated rings. The van der Waals surface area contributed by atoms with Gasteiger partial charge in [0.25, 0.3) is 5.56 Å². The number of rotatable bonds is 5. The third-order valence-electron chi connectivity index (χ3n) is 6.03. The first kappa shape index (κ1) is 18.8. The molecule has 152 valence electrons. The normalized spacial score (nSPS) is 14.6. The van der Waals surface area contributed by atoms with E-state index in [1.54, 1.807) is 10.6 Å². The second kappa shape index (κ2) is 7.92. The Balaban J connectivity index is 1.40. The molecule has 0 aliphatic carbocycles. The third-order valence-corrected chi connectivity index (χ3v) is 6.03. The average Bonchev–Trinajstić information content (AvgIpc) is 3.42. The summed E-state index contributed by atoms with van der Waals surface area (Å²) >= 11 is 0. The van der Waals surface area contributed by atoms with Gasteiger partial charge >= 0.3 is 0 Å². The molecule has 0 unspecified atom stereocenters. The molecule has 0 amide bonds. The number of fused-ring (bicyclic) bond motifs is 1. The molecule has 0 saturated carbocycles. The summed E-state index contributed by atoms with van der Waals surface area (Å²) in [5.41, 5.74) is 5.14. The van der Waals surface area contributed by atoms with Gasteiger partial charge in [0.15, 0.2) is 0 Å². The van der Waals surface area contributed by atoms with Crippen molar-refractivity contribution in [1.82, 2.24) is 19.2 Å². The minimum absolute atomic E-state index is 0.0335. The standard InChI is InChI=1S/C25H26N4O/c1-19-4-6-20(7-5-19)21-10-13-28(25(30)17-21)23-8-9-24-22(16-23)18-26-29(24)15-14-27-11-2-3-12-27/h4-10,13,16-18H,2-3,11-12,14-15H2,1H3. The highest BCUT2D eigenvalue weighted by Gasteiger charge is 2.12. The van der Waals surface area contributed by atoms with Crippen LogP contribution in [-0.2, 0) is 6.54 Å². The number of nitrogens with zero attached hydrogens (tertiary/aromatic N) is 4. The first-order valence-electron chi connectivity index (χ1n) is 10.7. The first-order chi connectivity index (χ1) is 14.7. The van der Waals surface area contributed by atoms with Crippen molar-refractivity contribution in [3.05, 3.63) is 82.9 Å². The molecule has 0 atom stereocenters. The van der Waals surface area contributed by atoms with Gasteiger partial charge in [-0.2, -0.15) is 5.10 Å². The van der Waals surface area contributed by atoms with Gasteiger partial charge in [0.1, 0.15) is 0 Å². The van der Waals surface area contributed by atoms with Gasteiger partial charge in [0.2, 0.25) is 0 Å². The van der Waals surface area contributed by atoms with Crippen molar-refractivity contribution >= 4 is 10.9 Å². The number of hydrogen-bond donors (Lipinski definition) is 0. The fourth-order valence-electron chi connectivity index (χ4n) is 4.26. The van der Waals surface area contributed by atoms with Gasteiger partial charge in [-0.05, 0) is 68.2 Å². The Kier molecular flexibility index (Phi) is 4.97. The largest absolute Gasteiger partial charge is 0.301 e. The van der Waals surface area contributed by atoms with E-state index in [1.165, 1.54) is 31.5 Å². The highest BCUT2D eigenvalue weighted by atomic mass is 16.1. The summed E-state index contributed by atoms with van der Waals surface area (Å²) in [4.78, 5) is 15.3. The molecule has 5 heteroatoms. The molecule has 5 rings (SSSR count). The number of hydrogen-bond acceptors (Lipinski definition) is 3. The van der Waals surface area contributed by atoms with Gasteiger partial charge in [-0.3, -0.25) is 14.0 Å². The van der Waals surface area contributed by atoms with Crippen LogP contribution in [0, 0.1) is 6.92 Å². The van der Waals surface area contributed by atoms with Crippen LogP contribution in [-0.4, -0.2) is 38.9 Å². The fourth-order valence-corrected chi connectivity index (χ4v) is 4.26. The minimum atomic E-state index is -0.0335. The van der Waals surface area contributed by atoms with Crippen LogP contribution in [0.4, 0.5) is 0 Å². The first-order valence-corrected chi connectivity index (χ1v) is 10.7. The lowest BCUT2D eigenvalue weighted by atomic mass is 10.1. The van der Waals surface area contributed by atoms with Gasteiger partial charge < -0.3 is 4.90 Å². The second-order valence-corrected chi connectivity index (χ2v) is 8.15. The number of aryl methyl sites for hydroxylation is 1. The lowest BCUT2D eigenvalue weighted by Crippen LogP contribution is -2.24. The van der Waals surface area contributed by atoms with E-state index in [1.807, 2.05) is 30.6 Å². The lowest BCUT2D eigenvalue weighted by molar-refractivity contribution is 0.318. The van der Waals surface area contributed by atoms with Gasteiger partial charge in [-0.15, -0.1) is 0 Å². The topological polar surface area (TPSA) is 43.1 Å². The van der Waals surface area contributed by atoms with Crippen molar-refractivity contribution in [2.75, 3.05) is 19.6 Å². The summed E-state index contributed by atoms with van der Waals surface area (Å²) in [5.74, 6) is 0. The van der Waals surface area contributed by atoms with E-state index in [-0.39, 0.29) is 5.56 Å². The summed E-state index contributed by atoms with van der Waals surface area (Å²) in [6, 6.07) is 18.1. The summed E-state index contributed by atoms with van der Waals surface area (Å²) in [6.45, 7) is 6.40. The zero-order chi connectivity index (χ0) is 20.5. The summed E-state index contributed by atoms with van der Waals surface area (Å²) < 4.78 is 3.76. The van der Waals surface area contributed by atoms with E-state index in [0.717, 1.165) is 40.8 Å². The van der Waals surface area contributed by atoms with Crippen molar-refractivity contribution in [1.29, 1.82) is 0 Å². The molecule has 1 aliphatic heterocycles. The summed E-state index contributed by atoms with van der Waals surface area (Å²) in [5, 5.41) is 5.64. The minimum Gasteiger partial charge on any atom is -0.301 e. The van der Waals surface area contributed by atoms with Crippen LogP contribution in [0.25, 0.3) is 27.7 Å². The quantitative estimate of drug-likeness (QED) is 0.505. The highest BCUT2D eigenvalue weighted by molar-refractivity contribution is 5.81. The maximum atomic E-state index is 12.8. The lowest BCUT2D eigenvalue weighted by Gasteiger charge is -2.14. The van der Waals surface area contributed by atoms with Crippen molar-refractivity contribution < 1.29 is 0 Å². The smallest absolute Gasteiger partial charge is 0.255 e. The number of likely N-dealkylation sites (tertiary alicyclic amines) is 1. The number of aromatic nitrogens is 3. The van der Waals surface area contributed by atoms with Crippen LogP contribution in [0.5, 0.6) is 0 Å². The van der Waals surface area contributed by atoms with Crippen LogP contribution < -0.4 is 5.56 Å². The Morgan fingerprint density at radius 3 is 2.47 bits per heavy atom. The number of benzene rings is 2. The van der Waals surface area contributed by atoms with Crippen LogP contribution >= 0.6 is 0 Å². The molecule has 2 aromatic carbocycles. The maximum absolute atomic E-state index is 12.8. The van der Waals surface area contributed by atoms with Gasteiger partial charge in [0, 0.05) is 29.9 Å². The second-order valence-electron chi connectivity index (χ2n) is 8.15. The van der Waals surface area contributed by atoms with Crippen LogP contribution in [0.15, 0.2) is 71.8 Å². The molecule has 4 aromatic rings. The Morgan fingerprint density at radius 2 is 1.70 bits per heavy atom. The fraction of sp³-hybridized carbons (Fsp3) is 0.280. The maximum Gasteiger partial charge on any atom is 0.255 e. The molecule has 1 saturated heterocycles. The van der Waals surface area contributed by atoms with Crippen LogP contribution in [0.1, 0.15) is 18.4 Å². The molecule has 0 radical (unpaired) electrons. The van der Waals surface area contributed by atoms with Crippen molar-refractivity contribution in [2.24, 2.45) is 0 Å². The van der Waals surface area contributed by atoms with Gasteiger partial charge in [-0.25, -0.2) is 0 Å². The zero-order valence-electron chi connectivity index (χ0n) is 17.3. The van der Waals surface area contributed by atoms with E-state index in [4.69, 9.17) is 0 Å². The molecule has 1 aliphatic rings. The molecule has 0 N–H and O–H groups in total. The predicted molar refractivity (Wildman–Crippen MR) is 121 cm³/mol. The molecular weight excluding hydrogens is 372 g/mol. The van der Waals surface area contributed by atoms with E-state index in [2.05, 4.69) is 51.9 Å². The van der Waals surface area contributed by atoms with E-state index in [0.29, 0.717) is 0 Å². The molecule has 0 spiro atoms. The molecular formula is C25H26N4O. The molecule has 3 heterocycles. The predicted octanol–water partition coefficient (Wildman–Crippen LogP) is 4.26. The van der Waals surface area contributed by atoms with Crippen LogP contribution in [0.3, 0.4) is 0 Å². The van der Waals surface area contributed by atoms with Crippen LogP contribution in [0.2, 0.25) is 0 Å². The van der Waals surface area contributed by atoms with Gasteiger partial charge in [0.05, 0.1) is 18.3 Å². The Hall–Kier alpha value is -3.18. The summed E-state index contributed by atoms with van der Waals surface area (Å²) in [6.07, 6.45) is 6.37. The highest BCUT2D eigenvalue weighted by Crippen LogP contribution is 2.21. The number of pyridine rings is 1. The zero-order valence-corrected chi connectivity index (χ0v) is 17.3. The van der Waals surface area contributed by atoms with Gasteiger partial charge in [-0.1, -0.05) is 29.8 Å².